The molecular weight excluding hydrogens is 148 g/mol. The summed E-state index contributed by atoms with van der Waals surface area (Å²) in [5, 5.41) is 1.31. The van der Waals surface area contributed by atoms with Crippen LogP contribution in [0.1, 0.15) is 13.3 Å². The number of allylic oxidation sites excluding steroid dienone is 3. The normalized spacial score (nSPS) is 33.9. The topological polar surface area (TPSA) is 34.1 Å². The lowest BCUT2D eigenvalue weighted by atomic mass is 9.86. The molecule has 0 saturated heterocycles. The lowest BCUT2D eigenvalue weighted by molar-refractivity contribution is 0.586. The summed E-state index contributed by atoms with van der Waals surface area (Å²) in [6.45, 7) is 2.05. The van der Waals surface area contributed by atoms with Gasteiger partial charge in [0, 0.05) is 5.41 Å². The molecule has 0 radical (unpaired) electrons. The van der Waals surface area contributed by atoms with Gasteiger partial charge in [0.15, 0.2) is 9.84 Å². The first-order valence-corrected chi connectivity index (χ1v) is 4.82. The van der Waals surface area contributed by atoms with E-state index in [2.05, 4.69) is 0 Å². The molecule has 0 fully saturated rings. The maximum atomic E-state index is 11.0. The molecule has 2 nitrogen and oxygen atoms in total. The second-order valence-electron chi connectivity index (χ2n) is 2.83. The minimum Gasteiger partial charge on any atom is -0.219 e. The summed E-state index contributed by atoms with van der Waals surface area (Å²) >= 11 is 0. The maximum Gasteiger partial charge on any atom is 0.196 e. The summed E-state index contributed by atoms with van der Waals surface area (Å²) in [5.74, 6) is 0.462. The Morgan fingerprint density at radius 2 is 2.30 bits per heavy atom. The Morgan fingerprint density at radius 3 is 2.70 bits per heavy atom. The molecule has 0 aromatic carbocycles. The zero-order valence-corrected chi connectivity index (χ0v) is 6.48. The molecule has 0 aromatic heterocycles. The molecule has 2 rings (SSSR count). The first-order valence-electron chi connectivity index (χ1n) is 3.27. The predicted molar refractivity (Wildman–Crippen MR) is 38.9 cm³/mol. The lowest BCUT2D eigenvalue weighted by Crippen LogP contribution is -2.15. The highest BCUT2D eigenvalue weighted by Crippen LogP contribution is 2.43. The van der Waals surface area contributed by atoms with Gasteiger partial charge in [0.25, 0.3) is 0 Å². The van der Waals surface area contributed by atoms with Crippen molar-refractivity contribution in [1.82, 2.24) is 0 Å². The fourth-order valence-corrected chi connectivity index (χ4v) is 3.00. The van der Waals surface area contributed by atoms with Gasteiger partial charge in [-0.3, -0.25) is 0 Å². The van der Waals surface area contributed by atoms with E-state index in [9.17, 15) is 8.42 Å². The van der Waals surface area contributed by atoms with Gasteiger partial charge in [-0.2, -0.15) is 0 Å². The van der Waals surface area contributed by atoms with Crippen LogP contribution in [0, 0.1) is 5.92 Å². The molecular formula is C7H8O2S. The zero-order valence-electron chi connectivity index (χ0n) is 5.66. The van der Waals surface area contributed by atoms with Crippen LogP contribution in [0.25, 0.3) is 0 Å². The van der Waals surface area contributed by atoms with E-state index in [1.165, 1.54) is 5.41 Å². The van der Waals surface area contributed by atoms with Gasteiger partial charge in [-0.1, -0.05) is 6.92 Å². The van der Waals surface area contributed by atoms with Gasteiger partial charge in [0.1, 0.15) is 0 Å². The molecule has 1 aliphatic heterocycles. The molecule has 3 heteroatoms. The molecule has 54 valence electrons. The summed E-state index contributed by atoms with van der Waals surface area (Å²) in [6, 6.07) is 0. The molecule has 0 bridgehead atoms. The van der Waals surface area contributed by atoms with Crippen molar-refractivity contribution in [3.05, 3.63) is 22.0 Å². The van der Waals surface area contributed by atoms with Crippen LogP contribution in [-0.2, 0) is 9.84 Å². The first kappa shape index (κ1) is 6.16. The summed E-state index contributed by atoms with van der Waals surface area (Å²) in [7, 11) is -2.92. The molecule has 1 atom stereocenters. The Labute approximate surface area is 60.2 Å². The van der Waals surface area contributed by atoms with Crippen molar-refractivity contribution in [3.8, 4) is 0 Å². The van der Waals surface area contributed by atoms with Crippen LogP contribution in [0.2, 0.25) is 0 Å². The van der Waals surface area contributed by atoms with E-state index in [0.29, 0.717) is 10.8 Å². The SMILES string of the molecule is CC1CC2=C1C=CS2(=O)=O. The van der Waals surface area contributed by atoms with Crippen molar-refractivity contribution in [1.29, 1.82) is 0 Å². The second-order valence-corrected chi connectivity index (χ2v) is 4.69. The Hall–Kier alpha value is -0.570. The Bertz CT molecular complexity index is 333. The van der Waals surface area contributed by atoms with Gasteiger partial charge in [0.2, 0.25) is 0 Å². The van der Waals surface area contributed by atoms with Gasteiger partial charge >= 0.3 is 0 Å². The smallest absolute Gasteiger partial charge is 0.196 e. The van der Waals surface area contributed by atoms with E-state index in [0.717, 1.165) is 12.0 Å². The third-order valence-electron chi connectivity index (χ3n) is 2.11. The van der Waals surface area contributed by atoms with Crippen molar-refractivity contribution in [2.24, 2.45) is 5.92 Å². The molecule has 10 heavy (non-hydrogen) atoms. The molecule has 0 amide bonds. The number of sulfone groups is 1. The monoisotopic (exact) mass is 156 g/mol. The van der Waals surface area contributed by atoms with Crippen LogP contribution >= 0.6 is 0 Å². The zero-order chi connectivity index (χ0) is 7.35. The molecule has 0 aromatic rings. The summed E-state index contributed by atoms with van der Waals surface area (Å²) in [6.07, 6.45) is 2.46. The van der Waals surface area contributed by atoms with E-state index in [-0.39, 0.29) is 0 Å². The van der Waals surface area contributed by atoms with Crippen LogP contribution in [0.5, 0.6) is 0 Å². The molecule has 1 aliphatic carbocycles. The fourth-order valence-electron chi connectivity index (χ4n) is 1.43. The van der Waals surface area contributed by atoms with Crippen molar-refractivity contribution < 1.29 is 8.42 Å². The van der Waals surface area contributed by atoms with Crippen LogP contribution in [-0.4, -0.2) is 8.42 Å². The Kier molecular flexibility index (Phi) is 0.944. The van der Waals surface area contributed by atoms with Crippen LogP contribution < -0.4 is 0 Å². The lowest BCUT2D eigenvalue weighted by Gasteiger charge is -2.23. The van der Waals surface area contributed by atoms with Gasteiger partial charge in [0.05, 0.1) is 4.91 Å². The van der Waals surface area contributed by atoms with E-state index in [4.69, 9.17) is 0 Å². The van der Waals surface area contributed by atoms with Crippen molar-refractivity contribution >= 4 is 9.84 Å². The quantitative estimate of drug-likeness (QED) is 0.528. The standard InChI is InChI=1S/C7H8O2S/c1-5-4-7-6(5)2-3-10(7,8)9/h2-3,5H,4H2,1H3. The number of hydrogen-bond donors (Lipinski definition) is 0. The molecule has 2 aliphatic rings. The summed E-state index contributed by atoms with van der Waals surface area (Å²) in [5.41, 5.74) is 1.03. The third-order valence-corrected chi connectivity index (χ3v) is 3.70. The van der Waals surface area contributed by atoms with Crippen LogP contribution in [0.3, 0.4) is 0 Å². The van der Waals surface area contributed by atoms with Gasteiger partial charge in [-0.05, 0) is 24.0 Å². The van der Waals surface area contributed by atoms with Crippen molar-refractivity contribution in [3.63, 3.8) is 0 Å². The highest BCUT2D eigenvalue weighted by atomic mass is 32.2. The predicted octanol–water partition coefficient (Wildman–Crippen LogP) is 1.22. The van der Waals surface area contributed by atoms with E-state index < -0.39 is 9.84 Å². The number of hydrogen-bond acceptors (Lipinski definition) is 2. The minimum atomic E-state index is -2.92. The van der Waals surface area contributed by atoms with Gasteiger partial charge in [-0.15, -0.1) is 0 Å². The molecule has 0 saturated carbocycles. The first-order chi connectivity index (χ1) is 4.61. The van der Waals surface area contributed by atoms with E-state index in [1.807, 2.05) is 6.92 Å². The van der Waals surface area contributed by atoms with Crippen molar-refractivity contribution in [2.45, 2.75) is 13.3 Å². The minimum absolute atomic E-state index is 0.462. The largest absolute Gasteiger partial charge is 0.219 e. The number of rotatable bonds is 0. The average Bonchev–Trinajstić information content (AvgIpc) is 2.03. The molecule has 0 spiro atoms. The van der Waals surface area contributed by atoms with E-state index in [1.54, 1.807) is 6.08 Å². The average molecular weight is 156 g/mol. The highest BCUT2D eigenvalue weighted by Gasteiger charge is 2.35. The maximum absolute atomic E-state index is 11.0. The summed E-state index contributed by atoms with van der Waals surface area (Å²) < 4.78 is 22.0. The Balaban J connectivity index is 2.59. The molecule has 1 heterocycles. The van der Waals surface area contributed by atoms with Gasteiger partial charge < -0.3 is 0 Å². The molecule has 0 N–H and O–H groups in total. The fraction of sp³-hybridized carbons (Fsp3) is 0.429. The van der Waals surface area contributed by atoms with Crippen molar-refractivity contribution in [2.75, 3.05) is 0 Å². The third kappa shape index (κ3) is 0.560. The molecule has 1 unspecified atom stereocenters. The van der Waals surface area contributed by atoms with Crippen LogP contribution in [0.4, 0.5) is 0 Å². The van der Waals surface area contributed by atoms with Crippen LogP contribution in [0.15, 0.2) is 22.0 Å². The second kappa shape index (κ2) is 1.53. The highest BCUT2D eigenvalue weighted by molar-refractivity contribution is 7.98. The summed E-state index contributed by atoms with van der Waals surface area (Å²) in [4.78, 5) is 0.653. The van der Waals surface area contributed by atoms with Gasteiger partial charge in [-0.25, -0.2) is 8.42 Å². The van der Waals surface area contributed by atoms with E-state index >= 15 is 0 Å². The Morgan fingerprint density at radius 1 is 1.60 bits per heavy atom.